The minimum atomic E-state index is -1.40. The lowest BCUT2D eigenvalue weighted by atomic mass is 9.93. The molecule has 35 heavy (non-hydrogen) atoms. The predicted molar refractivity (Wildman–Crippen MR) is 128 cm³/mol. The minimum absolute atomic E-state index is 0.0174. The molecule has 1 aliphatic heterocycles. The molecule has 1 saturated heterocycles. The average molecular weight is 478 g/mol. The van der Waals surface area contributed by atoms with Gasteiger partial charge in [-0.25, -0.2) is 9.18 Å². The number of rotatable bonds is 6. The van der Waals surface area contributed by atoms with Gasteiger partial charge in [-0.1, -0.05) is 49.6 Å². The molecule has 0 radical (unpaired) electrons. The maximum Gasteiger partial charge on any atom is 0.325 e. The Morgan fingerprint density at radius 1 is 1.11 bits per heavy atom. The second-order valence-corrected chi connectivity index (χ2v) is 9.53. The van der Waals surface area contributed by atoms with E-state index in [0.717, 1.165) is 48.0 Å². The van der Waals surface area contributed by atoms with Crippen LogP contribution in [0.3, 0.4) is 0 Å². The fourth-order valence-corrected chi connectivity index (χ4v) is 5.06. The number of carbonyl (C=O) groups is 3. The summed E-state index contributed by atoms with van der Waals surface area (Å²) in [5.74, 6) is -0.852. The molecule has 1 aromatic heterocycles. The average Bonchev–Trinajstić information content (AvgIpc) is 3.40. The smallest absolute Gasteiger partial charge is 0.325 e. The molecule has 2 heterocycles. The first-order chi connectivity index (χ1) is 16.8. The molecule has 0 spiro atoms. The SMILES string of the molecule is CC1(c2cc3ccccc3o2)NC(=O)N(CC(=O)N(Cc2ccc(F)cc2)C2CCCCC2)C1=O. The molecule has 1 saturated carbocycles. The minimum Gasteiger partial charge on any atom is -0.458 e. The Labute approximate surface area is 202 Å². The van der Waals surface area contributed by atoms with Crippen molar-refractivity contribution in [2.75, 3.05) is 6.54 Å². The van der Waals surface area contributed by atoms with E-state index in [9.17, 15) is 18.8 Å². The number of nitrogens with one attached hydrogen (secondary N) is 1. The predicted octanol–water partition coefficient (Wildman–Crippen LogP) is 4.70. The molecule has 1 unspecified atom stereocenters. The number of urea groups is 1. The maximum absolute atomic E-state index is 13.5. The van der Waals surface area contributed by atoms with Crippen LogP contribution in [0.2, 0.25) is 0 Å². The number of nitrogens with zero attached hydrogens (tertiary/aromatic N) is 2. The van der Waals surface area contributed by atoms with E-state index >= 15 is 0 Å². The zero-order valence-electron chi connectivity index (χ0n) is 19.6. The van der Waals surface area contributed by atoms with E-state index in [1.54, 1.807) is 36.1 Å². The van der Waals surface area contributed by atoms with Gasteiger partial charge in [-0.3, -0.25) is 14.5 Å². The number of para-hydroxylation sites is 1. The summed E-state index contributed by atoms with van der Waals surface area (Å²) in [6.45, 7) is 1.53. The van der Waals surface area contributed by atoms with Crippen LogP contribution in [0.1, 0.15) is 50.4 Å². The number of carbonyl (C=O) groups excluding carboxylic acids is 3. The molecule has 182 valence electrons. The van der Waals surface area contributed by atoms with Gasteiger partial charge in [0.05, 0.1) is 0 Å². The van der Waals surface area contributed by atoms with Gasteiger partial charge in [-0.2, -0.15) is 0 Å². The van der Waals surface area contributed by atoms with Crippen molar-refractivity contribution in [2.24, 2.45) is 0 Å². The van der Waals surface area contributed by atoms with Crippen LogP contribution in [-0.4, -0.2) is 40.2 Å². The Balaban J connectivity index is 1.37. The number of fused-ring (bicyclic) bond motifs is 1. The van der Waals surface area contributed by atoms with E-state index in [4.69, 9.17) is 4.42 Å². The van der Waals surface area contributed by atoms with Gasteiger partial charge in [-0.15, -0.1) is 0 Å². The van der Waals surface area contributed by atoms with Crippen molar-refractivity contribution in [1.29, 1.82) is 0 Å². The van der Waals surface area contributed by atoms with Crippen molar-refractivity contribution in [3.63, 3.8) is 0 Å². The van der Waals surface area contributed by atoms with Crippen molar-refractivity contribution in [3.05, 3.63) is 71.7 Å². The molecule has 1 atom stereocenters. The quantitative estimate of drug-likeness (QED) is 0.522. The lowest BCUT2D eigenvalue weighted by Crippen LogP contribution is -2.48. The number of furan rings is 1. The van der Waals surface area contributed by atoms with Crippen LogP contribution in [0.25, 0.3) is 11.0 Å². The third-order valence-electron chi connectivity index (χ3n) is 7.09. The van der Waals surface area contributed by atoms with Gasteiger partial charge in [0.15, 0.2) is 5.54 Å². The van der Waals surface area contributed by atoms with Crippen LogP contribution in [0.5, 0.6) is 0 Å². The summed E-state index contributed by atoms with van der Waals surface area (Å²) in [6.07, 6.45) is 4.89. The standard InChI is InChI=1S/C27H28FN3O4/c1-27(23-15-19-7-5-6-10-22(19)35-23)25(33)31(26(34)29-27)17-24(32)30(21-8-3-2-4-9-21)16-18-11-13-20(28)14-12-18/h5-7,10-15,21H,2-4,8-9,16-17H2,1H3,(H,29,34). The Kier molecular flexibility index (Phi) is 6.05. The van der Waals surface area contributed by atoms with Crippen molar-refractivity contribution < 1.29 is 23.2 Å². The molecule has 1 N–H and O–H groups in total. The lowest BCUT2D eigenvalue weighted by Gasteiger charge is -2.35. The highest BCUT2D eigenvalue weighted by atomic mass is 19.1. The summed E-state index contributed by atoms with van der Waals surface area (Å²) in [5, 5.41) is 3.54. The molecule has 2 aromatic carbocycles. The van der Waals surface area contributed by atoms with Crippen molar-refractivity contribution in [2.45, 2.75) is 57.2 Å². The first-order valence-electron chi connectivity index (χ1n) is 12.0. The number of hydrogen-bond acceptors (Lipinski definition) is 4. The lowest BCUT2D eigenvalue weighted by molar-refractivity contribution is -0.141. The third-order valence-corrected chi connectivity index (χ3v) is 7.09. The molecular formula is C27H28FN3O4. The van der Waals surface area contributed by atoms with Crippen LogP contribution in [0, 0.1) is 5.82 Å². The van der Waals surface area contributed by atoms with Gasteiger partial charge in [0.25, 0.3) is 5.91 Å². The van der Waals surface area contributed by atoms with Crippen molar-refractivity contribution in [3.8, 4) is 0 Å². The summed E-state index contributed by atoms with van der Waals surface area (Å²) in [4.78, 5) is 42.5. The van der Waals surface area contributed by atoms with Crippen LogP contribution in [-0.2, 0) is 21.7 Å². The van der Waals surface area contributed by atoms with Gasteiger partial charge >= 0.3 is 6.03 Å². The highest BCUT2D eigenvalue weighted by molar-refractivity contribution is 6.09. The van der Waals surface area contributed by atoms with E-state index in [0.29, 0.717) is 17.9 Å². The zero-order chi connectivity index (χ0) is 24.6. The zero-order valence-corrected chi connectivity index (χ0v) is 19.6. The van der Waals surface area contributed by atoms with Gasteiger partial charge in [0.1, 0.15) is 23.7 Å². The Morgan fingerprint density at radius 2 is 1.83 bits per heavy atom. The number of amides is 4. The van der Waals surface area contributed by atoms with Crippen LogP contribution in [0.4, 0.5) is 9.18 Å². The molecule has 3 aromatic rings. The number of imide groups is 1. The summed E-state index contributed by atoms with van der Waals surface area (Å²) in [6, 6.07) is 14.5. The van der Waals surface area contributed by atoms with Gasteiger partial charge in [0.2, 0.25) is 5.91 Å². The normalized spacial score (nSPS) is 20.9. The fraction of sp³-hybridized carbons (Fsp3) is 0.370. The molecular weight excluding hydrogens is 449 g/mol. The molecule has 5 rings (SSSR count). The molecule has 0 bridgehead atoms. The van der Waals surface area contributed by atoms with Gasteiger partial charge < -0.3 is 14.6 Å². The van der Waals surface area contributed by atoms with Crippen molar-refractivity contribution >= 4 is 28.8 Å². The molecule has 7 nitrogen and oxygen atoms in total. The maximum atomic E-state index is 13.5. The highest BCUT2D eigenvalue weighted by Gasteiger charge is 2.52. The van der Waals surface area contributed by atoms with Crippen LogP contribution >= 0.6 is 0 Å². The molecule has 4 amide bonds. The largest absolute Gasteiger partial charge is 0.458 e. The van der Waals surface area contributed by atoms with Crippen LogP contribution in [0.15, 0.2) is 59.0 Å². The van der Waals surface area contributed by atoms with E-state index in [-0.39, 0.29) is 24.3 Å². The summed E-state index contributed by atoms with van der Waals surface area (Å²) in [5.41, 5.74) is 0.0148. The molecule has 2 aliphatic rings. The Hall–Kier alpha value is -3.68. The number of halogens is 1. The summed E-state index contributed by atoms with van der Waals surface area (Å²) < 4.78 is 19.3. The first-order valence-corrected chi connectivity index (χ1v) is 12.0. The van der Waals surface area contributed by atoms with E-state index in [1.165, 1.54) is 12.1 Å². The first kappa shape index (κ1) is 23.1. The van der Waals surface area contributed by atoms with E-state index in [2.05, 4.69) is 5.32 Å². The molecule has 8 heteroatoms. The van der Waals surface area contributed by atoms with Crippen LogP contribution < -0.4 is 5.32 Å². The highest BCUT2D eigenvalue weighted by Crippen LogP contribution is 2.33. The Bertz CT molecular complexity index is 1230. The van der Waals surface area contributed by atoms with Crippen molar-refractivity contribution in [1.82, 2.24) is 15.1 Å². The second kappa shape index (κ2) is 9.17. The monoisotopic (exact) mass is 477 g/mol. The van der Waals surface area contributed by atoms with Gasteiger partial charge in [-0.05, 0) is 49.6 Å². The third kappa shape index (κ3) is 4.40. The topological polar surface area (TPSA) is 82.9 Å². The Morgan fingerprint density at radius 3 is 2.54 bits per heavy atom. The summed E-state index contributed by atoms with van der Waals surface area (Å²) in [7, 11) is 0. The number of benzene rings is 2. The molecule has 1 aliphatic carbocycles. The fourth-order valence-electron chi connectivity index (χ4n) is 5.06. The van der Waals surface area contributed by atoms with E-state index in [1.807, 2.05) is 18.2 Å². The molecule has 2 fully saturated rings. The van der Waals surface area contributed by atoms with Gasteiger partial charge in [0, 0.05) is 18.0 Å². The summed E-state index contributed by atoms with van der Waals surface area (Å²) >= 11 is 0. The van der Waals surface area contributed by atoms with E-state index < -0.39 is 17.5 Å². The second-order valence-electron chi connectivity index (χ2n) is 9.53. The number of hydrogen-bond donors (Lipinski definition) is 1.